The molecule has 0 saturated carbocycles. The van der Waals surface area contributed by atoms with Gasteiger partial charge in [0.15, 0.2) is 11.6 Å². The number of rotatable bonds is 20. The average Bonchev–Trinajstić information content (AvgIpc) is 2.84. The zero-order valence-electron chi connectivity index (χ0n) is 27.9. The molecular weight excluding hydrogens is 454 g/mol. The van der Waals surface area contributed by atoms with E-state index in [-0.39, 0.29) is 35.9 Å². The van der Waals surface area contributed by atoms with Gasteiger partial charge < -0.3 is 15.7 Å². The van der Waals surface area contributed by atoms with Gasteiger partial charge in [0, 0.05) is 17.0 Å². The number of allylic oxidation sites excluding steroid dienone is 2. The molecule has 3 N–H and O–H groups in total. The SMILES string of the molecule is [2H]/C(=C\C[C@@H](C)[C@@H](O)C(C(=O)CCCCCCC(=O)[C@@H](NC(=O)[C@H](CC(C)C)NC)C(C)C)N(C)C)C([2H])([2H])[2H]. The van der Waals surface area contributed by atoms with E-state index in [1.807, 2.05) is 13.8 Å². The highest BCUT2D eigenvalue weighted by Crippen LogP contribution is 2.19. The van der Waals surface area contributed by atoms with Crippen LogP contribution in [0.15, 0.2) is 12.1 Å². The molecule has 36 heavy (non-hydrogen) atoms. The van der Waals surface area contributed by atoms with Gasteiger partial charge in [-0.3, -0.25) is 19.3 Å². The minimum absolute atomic E-state index is 0.0147. The van der Waals surface area contributed by atoms with Crippen LogP contribution in [0.3, 0.4) is 0 Å². The first-order chi connectivity index (χ1) is 18.4. The molecule has 7 nitrogen and oxygen atoms in total. The molecule has 0 aliphatic carbocycles. The van der Waals surface area contributed by atoms with E-state index in [4.69, 9.17) is 5.48 Å². The Morgan fingerprint density at radius 1 is 1.00 bits per heavy atom. The first kappa shape index (κ1) is 27.5. The van der Waals surface area contributed by atoms with Gasteiger partial charge in [0.2, 0.25) is 5.91 Å². The van der Waals surface area contributed by atoms with E-state index >= 15 is 0 Å². The first-order valence-corrected chi connectivity index (χ1v) is 13.5. The Labute approximate surface area is 226 Å². The summed E-state index contributed by atoms with van der Waals surface area (Å²) < 4.78 is 29.5. The van der Waals surface area contributed by atoms with Gasteiger partial charge in [-0.05, 0) is 71.4 Å². The number of Topliss-reactive ketones (excluding diaryl/α,β-unsaturated/α-hetero) is 2. The van der Waals surface area contributed by atoms with Crippen molar-refractivity contribution in [3.63, 3.8) is 0 Å². The lowest BCUT2D eigenvalue weighted by molar-refractivity contribution is -0.130. The van der Waals surface area contributed by atoms with E-state index in [1.165, 1.54) is 6.08 Å². The van der Waals surface area contributed by atoms with E-state index in [1.54, 1.807) is 33.0 Å². The lowest BCUT2D eigenvalue weighted by Gasteiger charge is -2.31. The Balaban J connectivity index is 4.74. The molecule has 1 amide bonds. The van der Waals surface area contributed by atoms with Crippen LogP contribution in [0.5, 0.6) is 0 Å². The number of ketones is 2. The second-order valence-corrected chi connectivity index (χ2v) is 11.0. The number of hydrogen-bond acceptors (Lipinski definition) is 6. The summed E-state index contributed by atoms with van der Waals surface area (Å²) in [5.41, 5.74) is 0. The van der Waals surface area contributed by atoms with Crippen molar-refractivity contribution in [1.82, 2.24) is 15.5 Å². The van der Waals surface area contributed by atoms with E-state index in [2.05, 4.69) is 24.5 Å². The quantitative estimate of drug-likeness (QED) is 0.167. The minimum Gasteiger partial charge on any atom is -0.391 e. The molecule has 0 aliphatic heterocycles. The highest BCUT2D eigenvalue weighted by atomic mass is 16.3. The van der Waals surface area contributed by atoms with Crippen molar-refractivity contribution in [2.45, 2.75) is 117 Å². The highest BCUT2D eigenvalue weighted by molar-refractivity contribution is 5.91. The topological polar surface area (TPSA) is 98.7 Å². The van der Waals surface area contributed by atoms with Gasteiger partial charge in [0.05, 0.1) is 25.6 Å². The van der Waals surface area contributed by atoms with Crippen LogP contribution in [-0.2, 0) is 14.4 Å². The van der Waals surface area contributed by atoms with Crippen LogP contribution < -0.4 is 10.6 Å². The minimum atomic E-state index is -2.49. The van der Waals surface area contributed by atoms with Crippen molar-refractivity contribution >= 4 is 17.5 Å². The molecule has 1 unspecified atom stereocenters. The fourth-order valence-corrected chi connectivity index (χ4v) is 4.43. The van der Waals surface area contributed by atoms with Gasteiger partial charge in [-0.2, -0.15) is 0 Å². The summed E-state index contributed by atoms with van der Waals surface area (Å²) in [6.07, 6.45) is 4.70. The van der Waals surface area contributed by atoms with Gasteiger partial charge in [-0.1, -0.05) is 59.6 Å². The molecule has 0 radical (unpaired) electrons. The summed E-state index contributed by atoms with van der Waals surface area (Å²) in [5.74, 6) is -0.277. The molecule has 0 aromatic carbocycles. The molecule has 0 aromatic rings. The van der Waals surface area contributed by atoms with Crippen LogP contribution in [0.4, 0.5) is 0 Å². The Hall–Kier alpha value is -1.57. The zero-order valence-corrected chi connectivity index (χ0v) is 23.9. The molecule has 0 saturated heterocycles. The molecule has 7 heteroatoms. The number of carbonyl (C=O) groups excluding carboxylic acids is 3. The molecule has 5 atom stereocenters. The molecule has 0 spiro atoms. The van der Waals surface area contributed by atoms with E-state index in [0.29, 0.717) is 38.0 Å². The number of nitrogens with zero attached hydrogens (tertiary/aromatic N) is 1. The van der Waals surface area contributed by atoms with Gasteiger partial charge in [0.1, 0.15) is 0 Å². The number of aliphatic hydroxyl groups excluding tert-OH is 1. The third-order valence-corrected chi connectivity index (χ3v) is 6.66. The first-order valence-electron chi connectivity index (χ1n) is 15.5. The fraction of sp³-hybridized carbons (Fsp3) is 0.828. The van der Waals surface area contributed by atoms with E-state index < -0.39 is 37.0 Å². The number of carbonyl (C=O) groups is 3. The van der Waals surface area contributed by atoms with Gasteiger partial charge in [0.25, 0.3) is 0 Å². The normalized spacial score (nSPS) is 18.6. The molecular formula is C29H55N3O4. The van der Waals surface area contributed by atoms with Crippen molar-refractivity contribution in [3.8, 4) is 0 Å². The van der Waals surface area contributed by atoms with Crippen molar-refractivity contribution in [2.75, 3.05) is 21.1 Å². The van der Waals surface area contributed by atoms with Crippen LogP contribution in [0.1, 0.15) is 98.3 Å². The number of likely N-dealkylation sites (N-methyl/N-ethyl adjacent to an activating group) is 2. The highest BCUT2D eigenvalue weighted by Gasteiger charge is 2.31. The Bertz CT molecular complexity index is 816. The van der Waals surface area contributed by atoms with Crippen LogP contribution in [0, 0.1) is 17.8 Å². The molecule has 0 fully saturated rings. The maximum atomic E-state index is 12.9. The maximum Gasteiger partial charge on any atom is 0.237 e. The Kier molecular flexibility index (Phi) is 14.2. The predicted molar refractivity (Wildman–Crippen MR) is 149 cm³/mol. The molecule has 0 aliphatic rings. The molecule has 0 rings (SSSR count). The zero-order chi connectivity index (χ0) is 31.2. The smallest absolute Gasteiger partial charge is 0.237 e. The summed E-state index contributed by atoms with van der Waals surface area (Å²) >= 11 is 0. The largest absolute Gasteiger partial charge is 0.391 e. The Morgan fingerprint density at radius 2 is 1.58 bits per heavy atom. The third kappa shape index (κ3) is 13.1. The van der Waals surface area contributed by atoms with Gasteiger partial charge in [-0.15, -0.1) is 0 Å². The summed E-state index contributed by atoms with van der Waals surface area (Å²) in [6, 6.07) is -2.05. The van der Waals surface area contributed by atoms with Crippen LogP contribution in [-0.4, -0.2) is 72.9 Å². The summed E-state index contributed by atoms with van der Waals surface area (Å²) in [7, 11) is 5.20. The van der Waals surface area contributed by atoms with Crippen molar-refractivity contribution in [3.05, 3.63) is 12.1 Å². The lowest BCUT2D eigenvalue weighted by Crippen LogP contribution is -2.51. The predicted octanol–water partition coefficient (Wildman–Crippen LogP) is 4.13. The number of nitrogens with one attached hydrogen (secondary N) is 2. The monoisotopic (exact) mass is 513 g/mol. The molecule has 0 bridgehead atoms. The number of hydrogen-bond donors (Lipinski definition) is 3. The standard InChI is InChI=1S/C29H55N3O4/c1-10-11-16-22(6)28(35)27(32(8)9)25(34)18-15-13-12-14-17-24(33)26(21(4)5)31-29(36)23(30-7)19-20(2)3/h10-11,20-23,26-28,30,35H,12-19H2,1-9H3,(H,31,36)/b11-10+/t22-,23+,26+,27?,28-/m1/s1/i1D3,10D. The van der Waals surface area contributed by atoms with E-state index in [0.717, 1.165) is 12.8 Å². The third-order valence-electron chi connectivity index (χ3n) is 6.66. The maximum absolute atomic E-state index is 12.9. The number of aliphatic hydroxyl groups is 1. The summed E-state index contributed by atoms with van der Waals surface area (Å²) in [5, 5.41) is 16.8. The van der Waals surface area contributed by atoms with Crippen molar-refractivity contribution in [1.29, 1.82) is 0 Å². The van der Waals surface area contributed by atoms with Crippen LogP contribution in [0.2, 0.25) is 0 Å². The molecule has 210 valence electrons. The van der Waals surface area contributed by atoms with Crippen molar-refractivity contribution in [2.24, 2.45) is 17.8 Å². The van der Waals surface area contributed by atoms with Crippen molar-refractivity contribution < 1.29 is 25.0 Å². The van der Waals surface area contributed by atoms with E-state index in [9.17, 15) is 19.5 Å². The summed E-state index contributed by atoms with van der Waals surface area (Å²) in [4.78, 5) is 40.2. The average molecular weight is 514 g/mol. The Morgan fingerprint density at radius 3 is 2.06 bits per heavy atom. The molecule has 0 aromatic heterocycles. The van der Waals surface area contributed by atoms with Gasteiger partial charge in [-0.25, -0.2) is 0 Å². The summed E-state index contributed by atoms with van der Waals surface area (Å²) in [6.45, 7) is 7.22. The van der Waals surface area contributed by atoms with Crippen LogP contribution in [0.25, 0.3) is 0 Å². The second-order valence-electron chi connectivity index (χ2n) is 11.0. The second kappa shape index (κ2) is 18.6. The van der Waals surface area contributed by atoms with Gasteiger partial charge >= 0.3 is 0 Å². The lowest BCUT2D eigenvalue weighted by atomic mass is 9.89. The molecule has 0 heterocycles. The van der Waals surface area contributed by atoms with Crippen LogP contribution >= 0.6 is 0 Å². The number of unbranched alkanes of at least 4 members (excludes halogenated alkanes) is 3. The fourth-order valence-electron chi connectivity index (χ4n) is 4.43. The number of amides is 1.